The fourth-order valence-electron chi connectivity index (χ4n) is 1.88. The second-order valence-electron chi connectivity index (χ2n) is 4.94. The Hall–Kier alpha value is -2.79. The molecule has 0 fully saturated rings. The summed E-state index contributed by atoms with van der Waals surface area (Å²) in [5, 5.41) is 5.58. The van der Waals surface area contributed by atoms with Gasteiger partial charge in [-0.1, -0.05) is 29.4 Å². The Balaban J connectivity index is 2.05. The van der Waals surface area contributed by atoms with Crippen molar-refractivity contribution in [1.82, 2.24) is 15.5 Å². The summed E-state index contributed by atoms with van der Waals surface area (Å²) < 4.78 is 51.2. The molecule has 0 saturated carbocycles. The summed E-state index contributed by atoms with van der Waals surface area (Å²) in [4.78, 5) is 27.1. The third kappa shape index (κ3) is 4.64. The number of nitrogens with one attached hydrogen (secondary N) is 1. The van der Waals surface area contributed by atoms with E-state index in [0.717, 1.165) is 0 Å². The van der Waals surface area contributed by atoms with Crippen LogP contribution < -0.4 is 5.32 Å². The van der Waals surface area contributed by atoms with Crippen LogP contribution >= 0.6 is 0 Å². The summed E-state index contributed by atoms with van der Waals surface area (Å²) in [7, 11) is 2.76. The number of alkyl halides is 3. The lowest BCUT2D eigenvalue weighted by molar-refractivity contribution is -0.159. The van der Waals surface area contributed by atoms with E-state index in [0.29, 0.717) is 0 Å². The van der Waals surface area contributed by atoms with Crippen molar-refractivity contribution in [2.24, 2.45) is 0 Å². The van der Waals surface area contributed by atoms with Crippen molar-refractivity contribution in [2.45, 2.75) is 12.5 Å². The summed E-state index contributed by atoms with van der Waals surface area (Å²) in [6.07, 6.45) is -5.45. The molecule has 0 unspecified atom stereocenters. The predicted octanol–water partition coefficient (Wildman–Crippen LogP) is 1.67. The third-order valence-corrected chi connectivity index (χ3v) is 3.24. The molecule has 0 saturated heterocycles. The molecule has 1 N–H and O–H groups in total. The Morgan fingerprint density at radius 2 is 1.81 bits per heavy atom. The molecule has 1 aromatic carbocycles. The van der Waals surface area contributed by atoms with Gasteiger partial charge < -0.3 is 19.3 Å². The standard InChI is InChI=1S/C15H14F3N3O5/c1-24-10(25-2)7-19-13(23)11(22)8-3-5-9(6-4-8)12-20-14(26-21-12)15(16,17)18/h3-6,10H,7H2,1-2H3,(H,19,23). The molecule has 0 radical (unpaired) electrons. The lowest BCUT2D eigenvalue weighted by atomic mass is 10.1. The molecule has 0 aliphatic heterocycles. The number of ether oxygens (including phenoxy) is 2. The van der Waals surface area contributed by atoms with Gasteiger partial charge in [0, 0.05) is 25.3 Å². The summed E-state index contributed by atoms with van der Waals surface area (Å²) in [6.45, 7) is -0.0290. The zero-order chi connectivity index (χ0) is 19.3. The number of rotatable bonds is 7. The van der Waals surface area contributed by atoms with Crippen molar-refractivity contribution in [1.29, 1.82) is 0 Å². The molecule has 2 aromatic rings. The van der Waals surface area contributed by atoms with Gasteiger partial charge in [0.15, 0.2) is 6.29 Å². The number of hydrogen-bond acceptors (Lipinski definition) is 7. The zero-order valence-corrected chi connectivity index (χ0v) is 13.7. The molecule has 1 amide bonds. The number of benzene rings is 1. The van der Waals surface area contributed by atoms with E-state index in [-0.39, 0.29) is 23.5 Å². The average molecular weight is 373 g/mol. The largest absolute Gasteiger partial charge is 0.471 e. The lowest BCUT2D eigenvalue weighted by Crippen LogP contribution is -2.38. The van der Waals surface area contributed by atoms with Gasteiger partial charge in [-0.2, -0.15) is 18.2 Å². The second-order valence-corrected chi connectivity index (χ2v) is 4.94. The van der Waals surface area contributed by atoms with E-state index >= 15 is 0 Å². The molecule has 140 valence electrons. The van der Waals surface area contributed by atoms with Gasteiger partial charge in [0.25, 0.3) is 5.91 Å². The maximum Gasteiger partial charge on any atom is 0.471 e. The number of carbonyl (C=O) groups excluding carboxylic acids is 2. The van der Waals surface area contributed by atoms with Crippen LogP contribution in [0.1, 0.15) is 16.2 Å². The van der Waals surface area contributed by atoms with E-state index in [4.69, 9.17) is 9.47 Å². The van der Waals surface area contributed by atoms with Crippen LogP contribution in [0.25, 0.3) is 11.4 Å². The van der Waals surface area contributed by atoms with Crippen LogP contribution in [0, 0.1) is 0 Å². The molecule has 0 atom stereocenters. The lowest BCUT2D eigenvalue weighted by Gasteiger charge is -2.13. The quantitative estimate of drug-likeness (QED) is 0.447. The number of Topliss-reactive ketones (excluding diaryl/α,β-unsaturated/α-hetero) is 1. The molecule has 0 bridgehead atoms. The smallest absolute Gasteiger partial charge is 0.354 e. The molecule has 1 aromatic heterocycles. The molecule has 0 aliphatic rings. The van der Waals surface area contributed by atoms with Crippen molar-refractivity contribution in [3.8, 4) is 11.4 Å². The number of hydrogen-bond donors (Lipinski definition) is 1. The maximum atomic E-state index is 12.5. The Bertz CT molecular complexity index is 770. The van der Waals surface area contributed by atoms with Gasteiger partial charge in [-0.15, -0.1) is 0 Å². The Labute approximate surface area is 145 Å². The molecular weight excluding hydrogens is 359 g/mol. The van der Waals surface area contributed by atoms with Crippen LogP contribution in [0.2, 0.25) is 0 Å². The van der Waals surface area contributed by atoms with Crippen LogP contribution in [0.4, 0.5) is 13.2 Å². The monoisotopic (exact) mass is 373 g/mol. The summed E-state index contributed by atoms with van der Waals surface area (Å²) in [6, 6.07) is 5.15. The van der Waals surface area contributed by atoms with E-state index in [1.807, 2.05) is 0 Å². The van der Waals surface area contributed by atoms with Gasteiger partial charge in [-0.25, -0.2) is 0 Å². The van der Waals surface area contributed by atoms with Crippen LogP contribution in [-0.2, 0) is 20.4 Å². The Morgan fingerprint density at radius 1 is 1.19 bits per heavy atom. The number of carbonyl (C=O) groups is 2. The Morgan fingerprint density at radius 3 is 2.31 bits per heavy atom. The SMILES string of the molecule is COC(CNC(=O)C(=O)c1ccc(-c2noc(C(F)(F)F)n2)cc1)OC. The van der Waals surface area contributed by atoms with Crippen LogP contribution in [0.5, 0.6) is 0 Å². The number of ketones is 1. The van der Waals surface area contributed by atoms with Crippen molar-refractivity contribution < 1.29 is 36.8 Å². The minimum atomic E-state index is -4.75. The van der Waals surface area contributed by atoms with E-state index < -0.39 is 30.0 Å². The van der Waals surface area contributed by atoms with Gasteiger partial charge in [0.05, 0.1) is 6.54 Å². The summed E-state index contributed by atoms with van der Waals surface area (Å²) in [5.74, 6) is -3.47. The minimum absolute atomic E-state index is 0.0290. The van der Waals surface area contributed by atoms with Crippen LogP contribution in [0.15, 0.2) is 28.8 Å². The van der Waals surface area contributed by atoms with Gasteiger partial charge >= 0.3 is 12.1 Å². The third-order valence-electron chi connectivity index (χ3n) is 3.24. The van der Waals surface area contributed by atoms with Crippen LogP contribution in [-0.4, -0.2) is 48.9 Å². The van der Waals surface area contributed by atoms with E-state index in [9.17, 15) is 22.8 Å². The van der Waals surface area contributed by atoms with Gasteiger partial charge in [-0.05, 0) is 0 Å². The first-order valence-corrected chi connectivity index (χ1v) is 7.15. The molecule has 26 heavy (non-hydrogen) atoms. The number of halogens is 3. The first kappa shape index (κ1) is 19.5. The molecule has 1 heterocycles. The number of aromatic nitrogens is 2. The first-order chi connectivity index (χ1) is 12.3. The molecule has 11 heteroatoms. The van der Waals surface area contributed by atoms with Gasteiger partial charge in [-0.3, -0.25) is 9.59 Å². The maximum absolute atomic E-state index is 12.5. The van der Waals surface area contributed by atoms with Gasteiger partial charge in [0.2, 0.25) is 11.6 Å². The number of amides is 1. The normalized spacial score (nSPS) is 11.6. The number of methoxy groups -OCH3 is 2. The van der Waals surface area contributed by atoms with E-state index in [2.05, 4.69) is 20.0 Å². The van der Waals surface area contributed by atoms with Crippen molar-refractivity contribution in [3.63, 3.8) is 0 Å². The highest BCUT2D eigenvalue weighted by Crippen LogP contribution is 2.29. The highest BCUT2D eigenvalue weighted by Gasteiger charge is 2.38. The van der Waals surface area contributed by atoms with E-state index in [1.165, 1.54) is 38.5 Å². The molecule has 2 rings (SSSR count). The fourth-order valence-corrected chi connectivity index (χ4v) is 1.88. The van der Waals surface area contributed by atoms with Crippen molar-refractivity contribution in [2.75, 3.05) is 20.8 Å². The minimum Gasteiger partial charge on any atom is -0.354 e. The van der Waals surface area contributed by atoms with Crippen molar-refractivity contribution in [3.05, 3.63) is 35.7 Å². The topological polar surface area (TPSA) is 104 Å². The number of nitrogens with zero attached hydrogens (tertiary/aromatic N) is 2. The Kier molecular flexibility index (Phi) is 6.05. The van der Waals surface area contributed by atoms with Gasteiger partial charge in [0.1, 0.15) is 0 Å². The molecule has 0 aliphatic carbocycles. The second kappa shape index (κ2) is 8.06. The summed E-state index contributed by atoms with van der Waals surface area (Å²) >= 11 is 0. The van der Waals surface area contributed by atoms with E-state index in [1.54, 1.807) is 0 Å². The highest BCUT2D eigenvalue weighted by atomic mass is 19.4. The molecular formula is C15H14F3N3O5. The zero-order valence-electron chi connectivity index (χ0n) is 13.7. The fraction of sp³-hybridized carbons (Fsp3) is 0.333. The van der Waals surface area contributed by atoms with Crippen molar-refractivity contribution >= 4 is 11.7 Å². The molecule has 0 spiro atoms. The van der Waals surface area contributed by atoms with Crippen LogP contribution in [0.3, 0.4) is 0 Å². The summed E-state index contributed by atoms with van der Waals surface area (Å²) in [5.41, 5.74) is 0.234. The average Bonchev–Trinajstić information content (AvgIpc) is 3.12. The predicted molar refractivity (Wildman–Crippen MR) is 79.9 cm³/mol. The highest BCUT2D eigenvalue weighted by molar-refractivity contribution is 6.42. The first-order valence-electron chi connectivity index (χ1n) is 7.15. The molecule has 8 nitrogen and oxygen atoms in total.